The van der Waals surface area contributed by atoms with Gasteiger partial charge in [0.1, 0.15) is 0 Å². The van der Waals surface area contributed by atoms with Crippen molar-refractivity contribution >= 4 is 78.0 Å². The van der Waals surface area contributed by atoms with E-state index < -0.39 is 0 Å². The SMILES string of the molecule is O=C(/C=C/c1cc(Br)c(Br)s1)c1ccc(Cl)s1. The molecule has 0 aliphatic rings. The molecule has 0 fully saturated rings. The van der Waals surface area contributed by atoms with Crippen LogP contribution in [0, 0.1) is 0 Å². The normalized spacial score (nSPS) is 11.2. The van der Waals surface area contributed by atoms with Gasteiger partial charge in [-0.25, -0.2) is 0 Å². The van der Waals surface area contributed by atoms with E-state index in [1.54, 1.807) is 35.6 Å². The lowest BCUT2D eigenvalue weighted by molar-refractivity contribution is 0.105. The van der Waals surface area contributed by atoms with Gasteiger partial charge in [-0.2, -0.15) is 0 Å². The van der Waals surface area contributed by atoms with Crippen LogP contribution in [0.2, 0.25) is 4.34 Å². The van der Waals surface area contributed by atoms with Crippen molar-refractivity contribution in [3.8, 4) is 0 Å². The maximum absolute atomic E-state index is 11.8. The van der Waals surface area contributed by atoms with Crippen molar-refractivity contribution in [3.63, 3.8) is 0 Å². The molecule has 0 aromatic carbocycles. The molecule has 2 rings (SSSR count). The summed E-state index contributed by atoms with van der Waals surface area (Å²) in [7, 11) is 0. The largest absolute Gasteiger partial charge is 0.288 e. The van der Waals surface area contributed by atoms with Crippen molar-refractivity contribution < 1.29 is 4.79 Å². The Morgan fingerprint density at radius 1 is 1.29 bits per heavy atom. The van der Waals surface area contributed by atoms with Gasteiger partial charge in [0.2, 0.25) is 0 Å². The lowest BCUT2D eigenvalue weighted by Crippen LogP contribution is -1.87. The summed E-state index contributed by atoms with van der Waals surface area (Å²) in [6.07, 6.45) is 3.36. The van der Waals surface area contributed by atoms with Crippen molar-refractivity contribution in [2.75, 3.05) is 0 Å². The highest BCUT2D eigenvalue weighted by atomic mass is 79.9. The monoisotopic (exact) mass is 410 g/mol. The molecule has 2 aromatic rings. The second kappa shape index (κ2) is 5.80. The third kappa shape index (κ3) is 3.51. The number of hydrogen-bond donors (Lipinski definition) is 0. The average molecular weight is 413 g/mol. The molecule has 0 radical (unpaired) electrons. The molecule has 0 unspecified atom stereocenters. The molecule has 1 nitrogen and oxygen atoms in total. The van der Waals surface area contributed by atoms with Gasteiger partial charge in [-0.3, -0.25) is 4.79 Å². The van der Waals surface area contributed by atoms with E-state index in [4.69, 9.17) is 11.6 Å². The van der Waals surface area contributed by atoms with Crippen LogP contribution in [0.1, 0.15) is 14.5 Å². The van der Waals surface area contributed by atoms with Crippen LogP contribution in [-0.4, -0.2) is 5.78 Å². The molecule has 0 spiro atoms. The molecule has 0 saturated carbocycles. The molecular formula is C11H5Br2ClOS2. The van der Waals surface area contributed by atoms with E-state index in [2.05, 4.69) is 31.9 Å². The van der Waals surface area contributed by atoms with Gasteiger partial charge in [0.15, 0.2) is 5.78 Å². The molecule has 0 atom stereocenters. The minimum atomic E-state index is -0.0254. The van der Waals surface area contributed by atoms with E-state index in [0.717, 1.165) is 13.1 Å². The molecular weight excluding hydrogens is 408 g/mol. The van der Waals surface area contributed by atoms with Crippen molar-refractivity contribution in [2.45, 2.75) is 0 Å². The summed E-state index contributed by atoms with van der Waals surface area (Å²) >= 11 is 15.4. The number of thiophene rings is 2. The van der Waals surface area contributed by atoms with Gasteiger partial charge < -0.3 is 0 Å². The number of halogens is 3. The van der Waals surface area contributed by atoms with Crippen molar-refractivity contribution in [2.24, 2.45) is 0 Å². The molecule has 2 heterocycles. The van der Waals surface area contributed by atoms with Crippen LogP contribution in [0.25, 0.3) is 6.08 Å². The summed E-state index contributed by atoms with van der Waals surface area (Å²) in [5.41, 5.74) is 0. The number of ketones is 1. The zero-order valence-electron chi connectivity index (χ0n) is 8.25. The fourth-order valence-corrected chi connectivity index (χ4v) is 4.09. The maximum Gasteiger partial charge on any atom is 0.195 e. The topological polar surface area (TPSA) is 17.1 Å². The van der Waals surface area contributed by atoms with Crippen LogP contribution in [0.3, 0.4) is 0 Å². The summed E-state index contributed by atoms with van der Waals surface area (Å²) in [5.74, 6) is -0.0254. The van der Waals surface area contributed by atoms with Crippen LogP contribution < -0.4 is 0 Å². The Balaban J connectivity index is 2.13. The molecule has 88 valence electrons. The second-order valence-corrected chi connectivity index (χ2v) is 8.04. The van der Waals surface area contributed by atoms with Crippen LogP contribution >= 0.6 is 66.1 Å². The Labute approximate surface area is 128 Å². The molecule has 17 heavy (non-hydrogen) atoms. The van der Waals surface area contributed by atoms with Gasteiger partial charge in [-0.05, 0) is 62.2 Å². The van der Waals surface area contributed by atoms with E-state index in [1.165, 1.54) is 11.3 Å². The minimum absolute atomic E-state index is 0.0254. The maximum atomic E-state index is 11.8. The third-order valence-electron chi connectivity index (χ3n) is 1.88. The fourth-order valence-electron chi connectivity index (χ4n) is 1.13. The van der Waals surface area contributed by atoms with Gasteiger partial charge in [0.25, 0.3) is 0 Å². The molecule has 6 heteroatoms. The van der Waals surface area contributed by atoms with Crippen molar-refractivity contribution in [1.29, 1.82) is 0 Å². The van der Waals surface area contributed by atoms with Gasteiger partial charge >= 0.3 is 0 Å². The Morgan fingerprint density at radius 3 is 2.59 bits per heavy atom. The average Bonchev–Trinajstić information content (AvgIpc) is 2.83. The highest BCUT2D eigenvalue weighted by molar-refractivity contribution is 9.13. The first kappa shape index (κ1) is 13.5. The van der Waals surface area contributed by atoms with Gasteiger partial charge in [0, 0.05) is 9.35 Å². The number of carbonyl (C=O) groups excluding carboxylic acids is 1. The van der Waals surface area contributed by atoms with E-state index in [9.17, 15) is 4.79 Å². The highest BCUT2D eigenvalue weighted by Gasteiger charge is 2.06. The Morgan fingerprint density at radius 2 is 2.06 bits per heavy atom. The zero-order chi connectivity index (χ0) is 12.4. The van der Waals surface area contributed by atoms with Crippen molar-refractivity contribution in [3.05, 3.63) is 46.6 Å². The lowest BCUT2D eigenvalue weighted by atomic mass is 10.3. The number of carbonyl (C=O) groups is 1. The van der Waals surface area contributed by atoms with E-state index in [-0.39, 0.29) is 5.78 Å². The lowest BCUT2D eigenvalue weighted by Gasteiger charge is -1.87. The minimum Gasteiger partial charge on any atom is -0.288 e. The number of hydrogen-bond acceptors (Lipinski definition) is 3. The molecule has 0 amide bonds. The van der Waals surface area contributed by atoms with Gasteiger partial charge in [-0.15, -0.1) is 22.7 Å². The molecule has 2 aromatic heterocycles. The van der Waals surface area contributed by atoms with E-state index >= 15 is 0 Å². The second-order valence-electron chi connectivity index (χ2n) is 3.07. The van der Waals surface area contributed by atoms with Crippen LogP contribution in [0.4, 0.5) is 0 Å². The summed E-state index contributed by atoms with van der Waals surface area (Å²) in [5, 5.41) is 0. The molecule has 0 saturated heterocycles. The predicted molar refractivity (Wildman–Crippen MR) is 82.4 cm³/mol. The van der Waals surface area contributed by atoms with Crippen molar-refractivity contribution in [1.82, 2.24) is 0 Å². The van der Waals surface area contributed by atoms with Crippen LogP contribution in [-0.2, 0) is 0 Å². The summed E-state index contributed by atoms with van der Waals surface area (Å²) in [6.45, 7) is 0. The van der Waals surface area contributed by atoms with Gasteiger partial charge in [0.05, 0.1) is 13.0 Å². The smallest absolute Gasteiger partial charge is 0.195 e. The Hall–Kier alpha value is 0.0600. The molecule has 0 aliphatic carbocycles. The first-order valence-corrected chi connectivity index (χ1v) is 8.08. The third-order valence-corrected chi connectivity index (χ3v) is 6.35. The highest BCUT2D eigenvalue weighted by Crippen LogP contribution is 2.33. The summed E-state index contributed by atoms with van der Waals surface area (Å²) < 4.78 is 2.64. The number of rotatable bonds is 3. The number of allylic oxidation sites excluding steroid dienone is 1. The first-order chi connectivity index (χ1) is 8.06. The first-order valence-electron chi connectivity index (χ1n) is 4.49. The van der Waals surface area contributed by atoms with Crippen LogP contribution in [0.15, 0.2) is 32.5 Å². The van der Waals surface area contributed by atoms with E-state index in [0.29, 0.717) is 9.21 Å². The van der Waals surface area contributed by atoms with Gasteiger partial charge in [-0.1, -0.05) is 11.6 Å². The standard InChI is InChI=1S/C11H5Br2ClOS2/c12-7-5-6(16-11(7)13)1-2-8(15)9-3-4-10(14)17-9/h1-5H/b2-1+. The Bertz CT molecular complexity index is 567. The molecule has 0 N–H and O–H groups in total. The molecule has 0 aliphatic heterocycles. The van der Waals surface area contributed by atoms with Crippen LogP contribution in [0.5, 0.6) is 0 Å². The fraction of sp³-hybridized carbons (Fsp3) is 0. The summed E-state index contributed by atoms with van der Waals surface area (Å²) in [4.78, 5) is 13.4. The molecule has 0 bridgehead atoms. The zero-order valence-corrected chi connectivity index (χ0v) is 13.8. The predicted octanol–water partition coefficient (Wildman–Crippen LogP) is 5.88. The van der Waals surface area contributed by atoms with E-state index in [1.807, 2.05) is 6.07 Å². The Kier molecular flexibility index (Phi) is 4.60. The quantitative estimate of drug-likeness (QED) is 0.454. The summed E-state index contributed by atoms with van der Waals surface area (Å²) in [6, 6.07) is 5.42.